The molecule has 0 atom stereocenters. The number of benzene rings is 2. The fourth-order valence-corrected chi connectivity index (χ4v) is 3.73. The Hall–Kier alpha value is -3.04. The molecule has 0 aromatic heterocycles. The molecule has 160 valence electrons. The van der Waals surface area contributed by atoms with Crippen molar-refractivity contribution in [3.8, 4) is 0 Å². The lowest BCUT2D eigenvalue weighted by Gasteiger charge is -2.20. The van der Waals surface area contributed by atoms with Crippen molar-refractivity contribution in [2.75, 3.05) is 13.1 Å². The molecule has 9 heteroatoms. The van der Waals surface area contributed by atoms with Crippen LogP contribution in [0.25, 0.3) is 0 Å². The number of carboxylic acids is 1. The average Bonchev–Trinajstić information content (AvgIpc) is 2.73. The molecule has 0 bridgehead atoms. The summed E-state index contributed by atoms with van der Waals surface area (Å²) in [6.45, 7) is 3.71. The molecule has 0 aliphatic carbocycles. The van der Waals surface area contributed by atoms with Gasteiger partial charge in [-0.25, -0.2) is 13.1 Å². The van der Waals surface area contributed by atoms with Crippen LogP contribution in [0.5, 0.6) is 0 Å². The van der Waals surface area contributed by atoms with Crippen molar-refractivity contribution in [2.24, 2.45) is 0 Å². The second-order valence-electron chi connectivity index (χ2n) is 6.63. The molecular formula is C21H24N2O6S. The van der Waals surface area contributed by atoms with Gasteiger partial charge in [-0.1, -0.05) is 24.3 Å². The highest BCUT2D eigenvalue weighted by atomic mass is 32.2. The van der Waals surface area contributed by atoms with Crippen LogP contribution in [0.3, 0.4) is 0 Å². The zero-order valence-corrected chi connectivity index (χ0v) is 17.6. The molecule has 8 nitrogen and oxygen atoms in total. The Balaban J connectivity index is 2.02. The first kappa shape index (κ1) is 23.2. The first-order valence-corrected chi connectivity index (χ1v) is 10.8. The van der Waals surface area contributed by atoms with Gasteiger partial charge in [-0.15, -0.1) is 0 Å². The summed E-state index contributed by atoms with van der Waals surface area (Å²) in [5.74, 6) is -1.40. The standard InChI is InChI=1S/C21H24N2O6S/c1-3-23(13-12-20(25)26)21(27)18-6-4-16(5-7-18)14-22-30(28,29)19-10-8-17(9-11-19)15(2)24/h4-11,22H,3,12-14H2,1-2H3,(H,25,26). The lowest BCUT2D eigenvalue weighted by atomic mass is 10.1. The fraction of sp³-hybridized carbons (Fsp3) is 0.286. The number of ketones is 1. The van der Waals surface area contributed by atoms with Gasteiger partial charge >= 0.3 is 5.97 Å². The molecule has 0 fully saturated rings. The number of carboxylic acid groups (broad SMARTS) is 1. The molecule has 2 rings (SSSR count). The molecule has 0 spiro atoms. The zero-order valence-electron chi connectivity index (χ0n) is 16.8. The third-order valence-electron chi connectivity index (χ3n) is 4.50. The van der Waals surface area contributed by atoms with Crippen LogP contribution in [0, 0.1) is 0 Å². The van der Waals surface area contributed by atoms with Crippen molar-refractivity contribution in [3.63, 3.8) is 0 Å². The number of amides is 1. The minimum absolute atomic E-state index is 0.0295. The number of sulfonamides is 1. The fourth-order valence-electron chi connectivity index (χ4n) is 2.71. The van der Waals surface area contributed by atoms with E-state index < -0.39 is 16.0 Å². The Morgan fingerprint density at radius 3 is 2.03 bits per heavy atom. The van der Waals surface area contributed by atoms with Gasteiger partial charge in [0, 0.05) is 30.8 Å². The van der Waals surface area contributed by atoms with Crippen molar-refractivity contribution < 1.29 is 27.9 Å². The third-order valence-corrected chi connectivity index (χ3v) is 5.92. The van der Waals surface area contributed by atoms with Gasteiger partial charge in [0.15, 0.2) is 5.78 Å². The average molecular weight is 432 g/mol. The van der Waals surface area contributed by atoms with Gasteiger partial charge in [0.1, 0.15) is 0 Å². The van der Waals surface area contributed by atoms with Gasteiger partial charge in [0.25, 0.3) is 5.91 Å². The first-order chi connectivity index (χ1) is 14.1. The highest BCUT2D eigenvalue weighted by molar-refractivity contribution is 7.89. The number of carbonyl (C=O) groups excluding carboxylic acids is 2. The summed E-state index contributed by atoms with van der Waals surface area (Å²) in [6.07, 6.45) is -0.132. The van der Waals surface area contributed by atoms with E-state index in [0.717, 1.165) is 0 Å². The maximum Gasteiger partial charge on any atom is 0.305 e. The summed E-state index contributed by atoms with van der Waals surface area (Å²) >= 11 is 0. The number of carbonyl (C=O) groups is 3. The Bertz CT molecular complexity index is 1010. The van der Waals surface area contributed by atoms with Crippen LogP contribution in [-0.2, 0) is 21.4 Å². The van der Waals surface area contributed by atoms with Crippen LogP contribution in [0.15, 0.2) is 53.4 Å². The van der Waals surface area contributed by atoms with E-state index in [-0.39, 0.29) is 36.1 Å². The van der Waals surface area contributed by atoms with Crippen molar-refractivity contribution >= 4 is 27.7 Å². The highest BCUT2D eigenvalue weighted by Crippen LogP contribution is 2.13. The van der Waals surface area contributed by atoms with Gasteiger partial charge in [0.2, 0.25) is 10.0 Å². The van der Waals surface area contributed by atoms with E-state index in [0.29, 0.717) is 23.2 Å². The summed E-state index contributed by atoms with van der Waals surface area (Å²) in [7, 11) is -3.75. The summed E-state index contributed by atoms with van der Waals surface area (Å²) in [4.78, 5) is 36.0. The zero-order chi connectivity index (χ0) is 22.3. The molecule has 0 saturated heterocycles. The predicted molar refractivity (Wildman–Crippen MR) is 111 cm³/mol. The molecule has 2 N–H and O–H groups in total. The molecule has 0 heterocycles. The predicted octanol–water partition coefficient (Wildman–Crippen LogP) is 2.30. The summed E-state index contributed by atoms with van der Waals surface area (Å²) in [5.41, 5.74) is 1.48. The minimum Gasteiger partial charge on any atom is -0.481 e. The van der Waals surface area contributed by atoms with Gasteiger partial charge in [-0.2, -0.15) is 0 Å². The number of nitrogens with one attached hydrogen (secondary N) is 1. The summed E-state index contributed by atoms with van der Waals surface area (Å²) < 4.78 is 27.3. The van der Waals surface area contributed by atoms with Gasteiger partial charge < -0.3 is 10.0 Å². The number of nitrogens with zero attached hydrogens (tertiary/aromatic N) is 1. The molecule has 0 saturated carbocycles. The first-order valence-electron chi connectivity index (χ1n) is 9.34. The van der Waals surface area contributed by atoms with Crippen molar-refractivity contribution in [3.05, 3.63) is 65.2 Å². The number of hydrogen-bond acceptors (Lipinski definition) is 5. The quantitative estimate of drug-likeness (QED) is 0.556. The van der Waals surface area contributed by atoms with Crippen LogP contribution in [0.1, 0.15) is 46.5 Å². The molecule has 0 radical (unpaired) electrons. The maximum atomic E-state index is 12.5. The lowest BCUT2D eigenvalue weighted by molar-refractivity contribution is -0.137. The topological polar surface area (TPSA) is 121 Å². The van der Waals surface area contributed by atoms with Crippen LogP contribution in [0.2, 0.25) is 0 Å². The van der Waals surface area contributed by atoms with E-state index in [2.05, 4.69) is 4.72 Å². The number of rotatable bonds is 10. The highest BCUT2D eigenvalue weighted by Gasteiger charge is 2.16. The summed E-state index contributed by atoms with van der Waals surface area (Å²) in [6, 6.07) is 12.1. The van der Waals surface area contributed by atoms with Gasteiger partial charge in [-0.05, 0) is 43.7 Å². The molecule has 2 aromatic carbocycles. The van der Waals surface area contributed by atoms with Gasteiger partial charge in [-0.3, -0.25) is 14.4 Å². The maximum absolute atomic E-state index is 12.5. The van der Waals surface area contributed by atoms with Crippen molar-refractivity contribution in [2.45, 2.75) is 31.7 Å². The Morgan fingerprint density at radius 1 is 0.967 bits per heavy atom. The van der Waals surface area contributed by atoms with Crippen LogP contribution in [0.4, 0.5) is 0 Å². The third kappa shape index (κ3) is 6.23. The van der Waals surface area contributed by atoms with Crippen molar-refractivity contribution in [1.29, 1.82) is 0 Å². The number of Topliss-reactive ketones (excluding diaryl/α,β-unsaturated/α-hetero) is 1. The molecule has 0 unspecified atom stereocenters. The number of aliphatic carboxylic acids is 1. The molecule has 1 amide bonds. The van der Waals surface area contributed by atoms with Crippen LogP contribution in [-0.4, -0.2) is 49.2 Å². The SMILES string of the molecule is CCN(CCC(=O)O)C(=O)c1ccc(CNS(=O)(=O)c2ccc(C(C)=O)cc2)cc1. The normalized spacial score (nSPS) is 11.1. The Morgan fingerprint density at radius 2 is 1.53 bits per heavy atom. The number of hydrogen-bond donors (Lipinski definition) is 2. The second-order valence-corrected chi connectivity index (χ2v) is 8.40. The van der Waals surface area contributed by atoms with Crippen LogP contribution < -0.4 is 4.72 Å². The molecule has 0 aliphatic rings. The second kappa shape index (κ2) is 10.1. The van der Waals surface area contributed by atoms with E-state index in [1.54, 1.807) is 31.2 Å². The van der Waals surface area contributed by atoms with E-state index in [9.17, 15) is 22.8 Å². The van der Waals surface area contributed by atoms with E-state index in [4.69, 9.17) is 5.11 Å². The molecular weight excluding hydrogens is 408 g/mol. The van der Waals surface area contributed by atoms with E-state index in [1.165, 1.54) is 36.1 Å². The van der Waals surface area contributed by atoms with Gasteiger partial charge in [0.05, 0.1) is 11.3 Å². The molecule has 30 heavy (non-hydrogen) atoms. The Labute approximate surface area is 175 Å². The summed E-state index contributed by atoms with van der Waals surface area (Å²) in [5, 5.41) is 8.78. The van der Waals surface area contributed by atoms with E-state index in [1.807, 2.05) is 0 Å². The smallest absolute Gasteiger partial charge is 0.305 e. The van der Waals surface area contributed by atoms with Crippen LogP contribution >= 0.6 is 0 Å². The minimum atomic E-state index is -3.75. The van der Waals surface area contributed by atoms with Crippen molar-refractivity contribution in [1.82, 2.24) is 9.62 Å². The monoisotopic (exact) mass is 432 g/mol. The largest absolute Gasteiger partial charge is 0.481 e. The Kier molecular flexibility index (Phi) is 7.85. The molecule has 2 aromatic rings. The molecule has 0 aliphatic heterocycles. The van der Waals surface area contributed by atoms with E-state index >= 15 is 0 Å². The lowest BCUT2D eigenvalue weighted by Crippen LogP contribution is -2.32.